The van der Waals surface area contributed by atoms with Gasteiger partial charge in [0.2, 0.25) is 0 Å². The van der Waals surface area contributed by atoms with Crippen molar-refractivity contribution in [3.05, 3.63) is 17.0 Å². The average Bonchev–Trinajstić information content (AvgIpc) is 2.70. The molecule has 1 aromatic heterocycles. The van der Waals surface area contributed by atoms with Crippen molar-refractivity contribution in [1.82, 2.24) is 10.5 Å². The minimum absolute atomic E-state index is 0.0411. The minimum Gasteiger partial charge on any atom is -0.481 e. The largest absolute Gasteiger partial charge is 0.481 e. The average molecular weight is 286 g/mol. The topological polar surface area (TPSA) is 92.4 Å². The molecular weight excluding hydrogens is 268 g/mol. The molecule has 0 bridgehead atoms. The number of nitrogens with zero attached hydrogens (tertiary/aromatic N) is 1. The molecule has 0 atom stereocenters. The second kappa shape index (κ2) is 7.18. The molecule has 0 aliphatic rings. The van der Waals surface area contributed by atoms with Crippen molar-refractivity contribution in [2.45, 2.75) is 26.7 Å². The van der Waals surface area contributed by atoms with E-state index in [1.54, 1.807) is 6.92 Å². The van der Waals surface area contributed by atoms with E-state index in [1.165, 1.54) is 11.8 Å². The van der Waals surface area contributed by atoms with Crippen molar-refractivity contribution < 1.29 is 19.2 Å². The van der Waals surface area contributed by atoms with E-state index in [2.05, 4.69) is 10.5 Å². The van der Waals surface area contributed by atoms with Gasteiger partial charge in [0.1, 0.15) is 5.56 Å². The van der Waals surface area contributed by atoms with Crippen LogP contribution in [0.15, 0.2) is 4.52 Å². The van der Waals surface area contributed by atoms with Gasteiger partial charge in [-0.3, -0.25) is 9.59 Å². The summed E-state index contributed by atoms with van der Waals surface area (Å²) in [6.45, 7) is 6.00. The fraction of sp³-hybridized carbons (Fsp3) is 0.583. The Morgan fingerprint density at radius 1 is 1.47 bits per heavy atom. The highest BCUT2D eigenvalue weighted by Crippen LogP contribution is 2.21. The number of aryl methyl sites for hydroxylation is 1. The molecule has 1 amide bonds. The molecule has 2 N–H and O–H groups in total. The Kier molecular flexibility index (Phi) is 5.88. The first kappa shape index (κ1) is 15.6. The molecule has 1 rings (SSSR count). The lowest BCUT2D eigenvalue weighted by molar-refractivity contribution is -0.133. The molecule has 7 heteroatoms. The lowest BCUT2D eigenvalue weighted by atomic mass is 10.0. The number of hydrogen-bond donors (Lipinski definition) is 2. The predicted molar refractivity (Wildman–Crippen MR) is 72.6 cm³/mol. The summed E-state index contributed by atoms with van der Waals surface area (Å²) >= 11 is 1.26. The second-order valence-electron chi connectivity index (χ2n) is 4.36. The molecule has 6 nitrogen and oxygen atoms in total. The lowest BCUT2D eigenvalue weighted by Crippen LogP contribution is -2.27. The summed E-state index contributed by atoms with van der Waals surface area (Å²) in [4.78, 5) is 22.3. The van der Waals surface area contributed by atoms with Crippen LogP contribution >= 0.6 is 11.8 Å². The van der Waals surface area contributed by atoms with Gasteiger partial charge in [0, 0.05) is 18.2 Å². The molecule has 1 heterocycles. The van der Waals surface area contributed by atoms with Gasteiger partial charge in [0.05, 0.1) is 11.4 Å². The van der Waals surface area contributed by atoms with Crippen LogP contribution in [0.1, 0.15) is 41.6 Å². The molecule has 19 heavy (non-hydrogen) atoms. The van der Waals surface area contributed by atoms with E-state index in [9.17, 15) is 9.59 Å². The third kappa shape index (κ3) is 4.59. The quantitative estimate of drug-likeness (QED) is 0.740. The Morgan fingerprint density at radius 2 is 2.16 bits per heavy atom. The van der Waals surface area contributed by atoms with E-state index in [1.807, 2.05) is 13.8 Å². The maximum Gasteiger partial charge on any atom is 0.313 e. The van der Waals surface area contributed by atoms with E-state index in [-0.39, 0.29) is 17.6 Å². The Balaban J connectivity index is 2.50. The van der Waals surface area contributed by atoms with Crippen molar-refractivity contribution in [2.24, 2.45) is 0 Å². The number of nitrogens with one attached hydrogen (secondary N) is 1. The molecule has 0 fully saturated rings. The van der Waals surface area contributed by atoms with Crippen LogP contribution in [0.4, 0.5) is 0 Å². The first-order valence-electron chi connectivity index (χ1n) is 5.97. The van der Waals surface area contributed by atoms with Gasteiger partial charge in [-0.15, -0.1) is 11.8 Å². The number of rotatable bonds is 7. The van der Waals surface area contributed by atoms with Crippen LogP contribution in [-0.4, -0.2) is 40.2 Å². The molecule has 0 aliphatic heterocycles. The second-order valence-corrected chi connectivity index (χ2v) is 5.47. The third-order valence-corrected chi connectivity index (χ3v) is 3.34. The fourth-order valence-corrected chi connectivity index (χ4v) is 2.11. The Bertz CT molecular complexity index is 457. The van der Waals surface area contributed by atoms with Gasteiger partial charge in [-0.05, 0) is 6.92 Å². The van der Waals surface area contributed by atoms with Crippen molar-refractivity contribution >= 4 is 23.6 Å². The minimum atomic E-state index is -0.853. The van der Waals surface area contributed by atoms with Gasteiger partial charge < -0.3 is 14.9 Å². The highest BCUT2D eigenvalue weighted by atomic mass is 32.2. The summed E-state index contributed by atoms with van der Waals surface area (Å²) in [5.74, 6) is 0.182. The van der Waals surface area contributed by atoms with Crippen LogP contribution < -0.4 is 5.32 Å². The Morgan fingerprint density at radius 3 is 2.74 bits per heavy atom. The van der Waals surface area contributed by atoms with Crippen molar-refractivity contribution in [3.63, 3.8) is 0 Å². The summed E-state index contributed by atoms with van der Waals surface area (Å²) in [7, 11) is 0. The molecule has 0 unspecified atom stereocenters. The van der Waals surface area contributed by atoms with Crippen molar-refractivity contribution in [3.8, 4) is 0 Å². The zero-order valence-electron chi connectivity index (χ0n) is 11.2. The number of aromatic nitrogens is 1. The van der Waals surface area contributed by atoms with E-state index < -0.39 is 5.97 Å². The monoisotopic (exact) mass is 286 g/mol. The molecular formula is C12H18N2O4S. The van der Waals surface area contributed by atoms with Crippen LogP contribution in [0.3, 0.4) is 0 Å². The summed E-state index contributed by atoms with van der Waals surface area (Å²) in [6, 6.07) is 0. The van der Waals surface area contributed by atoms with Crippen LogP contribution in [0.5, 0.6) is 0 Å². The molecule has 0 aliphatic carbocycles. The first-order chi connectivity index (χ1) is 8.93. The number of carboxylic acid groups (broad SMARTS) is 1. The number of carbonyl (C=O) groups excluding carboxylic acids is 1. The van der Waals surface area contributed by atoms with Gasteiger partial charge in [0.15, 0.2) is 5.76 Å². The third-order valence-electron chi connectivity index (χ3n) is 2.40. The highest BCUT2D eigenvalue weighted by Gasteiger charge is 2.21. The summed E-state index contributed by atoms with van der Waals surface area (Å²) < 4.78 is 5.14. The summed E-state index contributed by atoms with van der Waals surface area (Å²) in [5.41, 5.74) is 1.05. The maximum atomic E-state index is 12.0. The van der Waals surface area contributed by atoms with E-state index in [0.29, 0.717) is 29.3 Å². The van der Waals surface area contributed by atoms with E-state index in [4.69, 9.17) is 9.63 Å². The first-order valence-corrected chi connectivity index (χ1v) is 7.12. The zero-order chi connectivity index (χ0) is 14.4. The van der Waals surface area contributed by atoms with Gasteiger partial charge in [-0.1, -0.05) is 19.0 Å². The van der Waals surface area contributed by atoms with Gasteiger partial charge in [-0.25, -0.2) is 0 Å². The number of carboxylic acids is 1. The van der Waals surface area contributed by atoms with Crippen LogP contribution in [-0.2, 0) is 4.79 Å². The smallest absolute Gasteiger partial charge is 0.313 e. The predicted octanol–water partition coefficient (Wildman–Crippen LogP) is 1.65. The SMILES string of the molecule is Cc1noc(C(C)C)c1C(=O)NCCSCC(=O)O. The number of aliphatic carboxylic acids is 1. The standard InChI is InChI=1S/C12H18N2O4S/c1-7(2)11-10(8(3)14-18-11)12(17)13-4-5-19-6-9(15)16/h7H,4-6H2,1-3H3,(H,13,17)(H,15,16). The number of amides is 1. The molecule has 0 saturated carbocycles. The molecule has 106 valence electrons. The fourth-order valence-electron chi connectivity index (χ4n) is 1.54. The van der Waals surface area contributed by atoms with E-state index in [0.717, 1.165) is 0 Å². The molecule has 0 radical (unpaired) electrons. The zero-order valence-corrected chi connectivity index (χ0v) is 12.0. The Labute approximate surface area is 115 Å². The normalized spacial score (nSPS) is 10.7. The molecule has 1 aromatic rings. The molecule has 0 saturated heterocycles. The van der Waals surface area contributed by atoms with Crippen molar-refractivity contribution in [2.75, 3.05) is 18.1 Å². The summed E-state index contributed by atoms with van der Waals surface area (Å²) in [5, 5.41) is 15.0. The number of thioether (sulfide) groups is 1. The molecule has 0 spiro atoms. The Hall–Kier alpha value is -1.50. The van der Waals surface area contributed by atoms with Crippen molar-refractivity contribution in [1.29, 1.82) is 0 Å². The van der Waals surface area contributed by atoms with Crippen LogP contribution in [0.2, 0.25) is 0 Å². The number of carbonyl (C=O) groups is 2. The maximum absolute atomic E-state index is 12.0. The van der Waals surface area contributed by atoms with Gasteiger partial charge in [0.25, 0.3) is 5.91 Å². The van der Waals surface area contributed by atoms with Gasteiger partial charge in [-0.2, -0.15) is 0 Å². The summed E-state index contributed by atoms with van der Waals surface area (Å²) in [6.07, 6.45) is 0. The van der Waals surface area contributed by atoms with Crippen LogP contribution in [0, 0.1) is 6.92 Å². The van der Waals surface area contributed by atoms with E-state index >= 15 is 0 Å². The lowest BCUT2D eigenvalue weighted by Gasteiger charge is -2.06. The number of hydrogen-bond acceptors (Lipinski definition) is 5. The van der Waals surface area contributed by atoms with Crippen LogP contribution in [0.25, 0.3) is 0 Å². The van der Waals surface area contributed by atoms with Gasteiger partial charge >= 0.3 is 5.97 Å². The highest BCUT2D eigenvalue weighted by molar-refractivity contribution is 7.99. The molecule has 0 aromatic carbocycles.